The van der Waals surface area contributed by atoms with E-state index in [-0.39, 0.29) is 0 Å². The minimum Gasteiger partial charge on any atom is -0.494 e. The molecule has 0 bridgehead atoms. The van der Waals surface area contributed by atoms with Crippen molar-refractivity contribution in [3.05, 3.63) is 29.3 Å². The predicted molar refractivity (Wildman–Crippen MR) is 82.5 cm³/mol. The molecule has 1 heterocycles. The van der Waals surface area contributed by atoms with Crippen LogP contribution in [0.25, 0.3) is 0 Å². The molecule has 20 heavy (non-hydrogen) atoms. The summed E-state index contributed by atoms with van der Waals surface area (Å²) in [6.07, 6.45) is 5.71. The van der Waals surface area contributed by atoms with Crippen LogP contribution in [0.4, 0.5) is 0 Å². The quantitative estimate of drug-likeness (QED) is 0.784. The van der Waals surface area contributed by atoms with Crippen molar-refractivity contribution >= 4 is 11.6 Å². The van der Waals surface area contributed by atoms with E-state index in [1.165, 1.54) is 19.3 Å². The SMILES string of the molecule is OCCC1CCCCN1CCCOc1ccc(Cl)cc1. The van der Waals surface area contributed by atoms with E-state index in [9.17, 15) is 0 Å². The maximum Gasteiger partial charge on any atom is 0.119 e. The van der Waals surface area contributed by atoms with Crippen LogP contribution in [-0.2, 0) is 0 Å². The second-order valence-corrected chi connectivity index (χ2v) is 5.79. The van der Waals surface area contributed by atoms with Crippen molar-refractivity contribution in [1.29, 1.82) is 0 Å². The molecule has 4 heteroatoms. The second kappa shape index (κ2) is 8.50. The van der Waals surface area contributed by atoms with E-state index in [0.717, 1.165) is 43.3 Å². The Morgan fingerprint density at radius 2 is 2.05 bits per heavy atom. The van der Waals surface area contributed by atoms with Gasteiger partial charge in [-0.2, -0.15) is 0 Å². The van der Waals surface area contributed by atoms with E-state index in [0.29, 0.717) is 12.6 Å². The first-order valence-electron chi connectivity index (χ1n) is 7.53. The first-order chi connectivity index (χ1) is 9.79. The van der Waals surface area contributed by atoms with Gasteiger partial charge in [-0.1, -0.05) is 18.0 Å². The van der Waals surface area contributed by atoms with E-state index in [1.807, 2.05) is 24.3 Å². The van der Waals surface area contributed by atoms with Crippen LogP contribution in [0.2, 0.25) is 5.02 Å². The summed E-state index contributed by atoms with van der Waals surface area (Å²) in [6.45, 7) is 3.23. The van der Waals surface area contributed by atoms with Gasteiger partial charge < -0.3 is 14.7 Å². The van der Waals surface area contributed by atoms with Gasteiger partial charge in [-0.15, -0.1) is 0 Å². The molecule has 1 aromatic rings. The zero-order valence-corrected chi connectivity index (χ0v) is 12.7. The molecular weight excluding hydrogens is 274 g/mol. The topological polar surface area (TPSA) is 32.7 Å². The van der Waals surface area contributed by atoms with E-state index in [4.69, 9.17) is 21.4 Å². The number of nitrogens with zero attached hydrogens (tertiary/aromatic N) is 1. The van der Waals surface area contributed by atoms with Crippen LogP contribution in [0.5, 0.6) is 5.75 Å². The number of ether oxygens (including phenoxy) is 1. The molecule has 1 aromatic carbocycles. The lowest BCUT2D eigenvalue weighted by atomic mass is 9.99. The van der Waals surface area contributed by atoms with Gasteiger partial charge in [-0.05, 0) is 56.5 Å². The fourth-order valence-electron chi connectivity index (χ4n) is 2.82. The molecule has 0 amide bonds. The second-order valence-electron chi connectivity index (χ2n) is 5.35. The van der Waals surface area contributed by atoms with E-state index >= 15 is 0 Å². The first-order valence-corrected chi connectivity index (χ1v) is 7.90. The first kappa shape index (κ1) is 15.6. The third-order valence-electron chi connectivity index (χ3n) is 3.88. The predicted octanol–water partition coefficient (Wildman–Crippen LogP) is 3.35. The highest BCUT2D eigenvalue weighted by molar-refractivity contribution is 6.30. The van der Waals surface area contributed by atoms with Crippen LogP contribution in [0.3, 0.4) is 0 Å². The molecule has 0 radical (unpaired) electrons. The number of aliphatic hydroxyl groups is 1. The number of halogens is 1. The summed E-state index contributed by atoms with van der Waals surface area (Å²) in [6, 6.07) is 8.05. The van der Waals surface area contributed by atoms with Gasteiger partial charge in [0.25, 0.3) is 0 Å². The van der Waals surface area contributed by atoms with Crippen molar-refractivity contribution in [2.45, 2.75) is 38.1 Å². The van der Waals surface area contributed by atoms with Gasteiger partial charge in [-0.25, -0.2) is 0 Å². The Labute approximate surface area is 126 Å². The number of hydrogen-bond donors (Lipinski definition) is 1. The van der Waals surface area contributed by atoms with E-state index in [1.54, 1.807) is 0 Å². The maximum atomic E-state index is 9.12. The molecule has 0 spiro atoms. The summed E-state index contributed by atoms with van der Waals surface area (Å²) in [5.74, 6) is 0.875. The van der Waals surface area contributed by atoms with Crippen LogP contribution in [0.1, 0.15) is 32.1 Å². The summed E-state index contributed by atoms with van der Waals surface area (Å²) in [5.41, 5.74) is 0. The Bertz CT molecular complexity index is 381. The highest BCUT2D eigenvalue weighted by atomic mass is 35.5. The Hall–Kier alpha value is -0.770. The van der Waals surface area contributed by atoms with Gasteiger partial charge in [0.15, 0.2) is 0 Å². The van der Waals surface area contributed by atoms with E-state index in [2.05, 4.69) is 4.90 Å². The number of rotatable bonds is 7. The molecule has 0 saturated carbocycles. The summed E-state index contributed by atoms with van der Waals surface area (Å²) in [5, 5.41) is 9.85. The molecule has 1 fully saturated rings. The van der Waals surface area contributed by atoms with Crippen molar-refractivity contribution in [2.75, 3.05) is 26.3 Å². The Morgan fingerprint density at radius 3 is 2.80 bits per heavy atom. The lowest BCUT2D eigenvalue weighted by Crippen LogP contribution is -2.40. The summed E-state index contributed by atoms with van der Waals surface area (Å²) in [4.78, 5) is 2.50. The van der Waals surface area contributed by atoms with Crippen molar-refractivity contribution < 1.29 is 9.84 Å². The normalized spacial score (nSPS) is 20.0. The Balaban J connectivity index is 1.67. The van der Waals surface area contributed by atoms with Crippen molar-refractivity contribution in [1.82, 2.24) is 4.90 Å². The fraction of sp³-hybridized carbons (Fsp3) is 0.625. The highest BCUT2D eigenvalue weighted by Crippen LogP contribution is 2.20. The fourth-order valence-corrected chi connectivity index (χ4v) is 2.94. The molecule has 3 nitrogen and oxygen atoms in total. The monoisotopic (exact) mass is 297 g/mol. The summed E-state index contributed by atoms with van der Waals surface area (Å²) >= 11 is 5.84. The largest absolute Gasteiger partial charge is 0.494 e. The molecule has 0 aliphatic carbocycles. The molecular formula is C16H24ClNO2. The molecule has 1 aliphatic rings. The molecule has 1 atom stereocenters. The van der Waals surface area contributed by atoms with Gasteiger partial charge in [0, 0.05) is 24.2 Å². The van der Waals surface area contributed by atoms with Crippen molar-refractivity contribution in [3.8, 4) is 5.75 Å². The van der Waals surface area contributed by atoms with Gasteiger partial charge in [-0.3, -0.25) is 0 Å². The van der Waals surface area contributed by atoms with Gasteiger partial charge in [0.1, 0.15) is 5.75 Å². The minimum absolute atomic E-state index is 0.294. The number of hydrogen-bond acceptors (Lipinski definition) is 3. The standard InChI is InChI=1S/C16H24ClNO2/c17-14-5-7-16(8-6-14)20-13-3-11-18-10-2-1-4-15(18)9-12-19/h5-8,15,19H,1-4,9-13H2. The number of benzene rings is 1. The number of likely N-dealkylation sites (tertiary alicyclic amines) is 1. The molecule has 2 rings (SSSR count). The number of piperidine rings is 1. The van der Waals surface area contributed by atoms with Crippen LogP contribution in [0.15, 0.2) is 24.3 Å². The van der Waals surface area contributed by atoms with Gasteiger partial charge >= 0.3 is 0 Å². The smallest absolute Gasteiger partial charge is 0.119 e. The average Bonchev–Trinajstić information content (AvgIpc) is 2.47. The molecule has 1 N–H and O–H groups in total. The Kier molecular flexibility index (Phi) is 6.64. The Morgan fingerprint density at radius 1 is 1.25 bits per heavy atom. The lowest BCUT2D eigenvalue weighted by molar-refractivity contribution is 0.112. The van der Waals surface area contributed by atoms with Crippen LogP contribution in [0, 0.1) is 0 Å². The minimum atomic E-state index is 0.294. The number of aliphatic hydroxyl groups excluding tert-OH is 1. The summed E-state index contributed by atoms with van der Waals surface area (Å²) < 4.78 is 5.71. The highest BCUT2D eigenvalue weighted by Gasteiger charge is 2.20. The third kappa shape index (κ3) is 4.97. The zero-order valence-electron chi connectivity index (χ0n) is 11.9. The van der Waals surface area contributed by atoms with E-state index < -0.39 is 0 Å². The summed E-state index contributed by atoms with van der Waals surface area (Å²) in [7, 11) is 0. The van der Waals surface area contributed by atoms with Crippen molar-refractivity contribution in [3.63, 3.8) is 0 Å². The van der Waals surface area contributed by atoms with Crippen LogP contribution < -0.4 is 4.74 Å². The molecule has 1 aliphatic heterocycles. The zero-order chi connectivity index (χ0) is 14.2. The van der Waals surface area contributed by atoms with Crippen LogP contribution >= 0.6 is 11.6 Å². The molecule has 0 aromatic heterocycles. The van der Waals surface area contributed by atoms with Crippen molar-refractivity contribution in [2.24, 2.45) is 0 Å². The average molecular weight is 298 g/mol. The molecule has 1 saturated heterocycles. The van der Waals surface area contributed by atoms with Gasteiger partial charge in [0.2, 0.25) is 0 Å². The molecule has 1 unspecified atom stereocenters. The van der Waals surface area contributed by atoms with Gasteiger partial charge in [0.05, 0.1) is 6.61 Å². The van der Waals surface area contributed by atoms with Crippen LogP contribution in [-0.4, -0.2) is 42.4 Å². The molecule has 112 valence electrons. The lowest BCUT2D eigenvalue weighted by Gasteiger charge is -2.35. The third-order valence-corrected chi connectivity index (χ3v) is 4.14. The maximum absolute atomic E-state index is 9.12.